The number of rotatable bonds is 4. The van der Waals surface area contributed by atoms with E-state index in [0.29, 0.717) is 22.0 Å². The van der Waals surface area contributed by atoms with E-state index in [2.05, 4.69) is 5.32 Å². The highest BCUT2D eigenvalue weighted by Crippen LogP contribution is 2.29. The van der Waals surface area contributed by atoms with Crippen LogP contribution >= 0.6 is 23.2 Å². The Kier molecular flexibility index (Phi) is 4.74. The lowest BCUT2D eigenvalue weighted by Gasteiger charge is -2.09. The van der Waals surface area contributed by atoms with Crippen molar-refractivity contribution in [3.63, 3.8) is 0 Å². The Bertz CT molecular complexity index is 968. The number of hydrogen-bond donors (Lipinski definition) is 1. The molecule has 0 bridgehead atoms. The summed E-state index contributed by atoms with van der Waals surface area (Å²) in [5, 5.41) is 3.99. The van der Waals surface area contributed by atoms with Crippen molar-refractivity contribution in [2.75, 3.05) is 11.9 Å². The second-order valence-corrected chi connectivity index (χ2v) is 5.68. The molecule has 0 saturated heterocycles. The van der Waals surface area contributed by atoms with Gasteiger partial charge in [0.2, 0.25) is 0 Å². The lowest BCUT2D eigenvalue weighted by molar-refractivity contribution is -0.118. The molecule has 0 atom stereocenters. The molecule has 3 aromatic rings. The maximum Gasteiger partial charge on any atom is 0.336 e. The molecule has 0 spiro atoms. The van der Waals surface area contributed by atoms with Crippen molar-refractivity contribution in [1.29, 1.82) is 0 Å². The number of carbonyl (C=O) groups is 1. The van der Waals surface area contributed by atoms with Gasteiger partial charge in [-0.1, -0.05) is 29.3 Å². The molecule has 0 aliphatic rings. The summed E-state index contributed by atoms with van der Waals surface area (Å²) in [4.78, 5) is 23.2. The van der Waals surface area contributed by atoms with Crippen LogP contribution in [0.5, 0.6) is 5.75 Å². The Morgan fingerprint density at radius 1 is 1.12 bits per heavy atom. The minimum absolute atomic E-state index is 0.231. The van der Waals surface area contributed by atoms with Crippen LogP contribution in [-0.2, 0) is 4.79 Å². The smallest absolute Gasteiger partial charge is 0.336 e. The molecule has 0 aliphatic heterocycles. The van der Waals surface area contributed by atoms with Crippen LogP contribution in [0.25, 0.3) is 11.0 Å². The highest BCUT2D eigenvalue weighted by molar-refractivity contribution is 6.43. The van der Waals surface area contributed by atoms with Gasteiger partial charge in [-0.05, 0) is 30.3 Å². The summed E-state index contributed by atoms with van der Waals surface area (Å²) < 4.78 is 10.5. The summed E-state index contributed by atoms with van der Waals surface area (Å²) >= 11 is 11.9. The van der Waals surface area contributed by atoms with E-state index in [1.807, 2.05) is 0 Å². The molecule has 1 N–H and O–H groups in total. The molecule has 1 heterocycles. The van der Waals surface area contributed by atoms with Gasteiger partial charge in [0.25, 0.3) is 5.91 Å². The molecule has 0 radical (unpaired) electrons. The van der Waals surface area contributed by atoms with Crippen molar-refractivity contribution in [2.24, 2.45) is 0 Å². The first kappa shape index (κ1) is 16.4. The number of hydrogen-bond acceptors (Lipinski definition) is 4. The van der Waals surface area contributed by atoms with Gasteiger partial charge in [0, 0.05) is 17.5 Å². The first-order valence-electron chi connectivity index (χ1n) is 6.93. The predicted octanol–water partition coefficient (Wildman–Crippen LogP) is 4.12. The summed E-state index contributed by atoms with van der Waals surface area (Å²) in [6.07, 6.45) is 0. The molecule has 0 fully saturated rings. The van der Waals surface area contributed by atoms with Crippen molar-refractivity contribution in [1.82, 2.24) is 0 Å². The van der Waals surface area contributed by atoms with Gasteiger partial charge in [0.05, 0.1) is 15.7 Å². The number of fused-ring (bicyclic) bond motifs is 1. The van der Waals surface area contributed by atoms with E-state index in [9.17, 15) is 9.59 Å². The van der Waals surface area contributed by atoms with Crippen molar-refractivity contribution < 1.29 is 13.9 Å². The first-order valence-corrected chi connectivity index (χ1v) is 7.69. The third kappa shape index (κ3) is 3.69. The fourth-order valence-electron chi connectivity index (χ4n) is 2.07. The van der Waals surface area contributed by atoms with Gasteiger partial charge in [-0.25, -0.2) is 4.79 Å². The molecule has 122 valence electrons. The van der Waals surface area contributed by atoms with Crippen LogP contribution < -0.4 is 15.7 Å². The topological polar surface area (TPSA) is 68.5 Å². The van der Waals surface area contributed by atoms with Crippen LogP contribution in [0.15, 0.2) is 57.7 Å². The fraction of sp³-hybridized carbons (Fsp3) is 0.0588. The molecule has 0 unspecified atom stereocenters. The molecular weight excluding hydrogens is 353 g/mol. The van der Waals surface area contributed by atoms with Gasteiger partial charge < -0.3 is 14.5 Å². The molecule has 3 rings (SSSR count). The van der Waals surface area contributed by atoms with Crippen LogP contribution in [0.1, 0.15) is 0 Å². The first-order chi connectivity index (χ1) is 11.5. The molecule has 24 heavy (non-hydrogen) atoms. The summed E-state index contributed by atoms with van der Waals surface area (Å²) in [6, 6.07) is 12.9. The Labute approximate surface area is 146 Å². The summed E-state index contributed by atoms with van der Waals surface area (Å²) in [7, 11) is 0. The molecular formula is C17H11Cl2NO4. The van der Waals surface area contributed by atoms with Crippen molar-refractivity contribution >= 4 is 45.8 Å². The monoisotopic (exact) mass is 363 g/mol. The minimum atomic E-state index is -0.451. The van der Waals surface area contributed by atoms with E-state index in [0.717, 1.165) is 5.39 Å². The zero-order valence-corrected chi connectivity index (χ0v) is 13.7. The number of carbonyl (C=O) groups excluding carboxylic acids is 1. The van der Waals surface area contributed by atoms with E-state index in [4.69, 9.17) is 32.4 Å². The highest BCUT2D eigenvalue weighted by Gasteiger charge is 2.09. The standard InChI is InChI=1S/C17H11Cl2NO4/c18-12-2-1-3-13(17(12)19)20-15(21)9-23-11-6-4-10-5-7-16(22)24-14(10)8-11/h1-8H,9H2,(H,20,21). The van der Waals surface area contributed by atoms with Crippen LogP contribution in [-0.4, -0.2) is 12.5 Å². The number of halogens is 2. The largest absolute Gasteiger partial charge is 0.484 e. The molecule has 7 heteroatoms. The van der Waals surface area contributed by atoms with E-state index >= 15 is 0 Å². The van der Waals surface area contributed by atoms with E-state index in [-0.39, 0.29) is 11.6 Å². The number of nitrogens with one attached hydrogen (secondary N) is 1. The van der Waals surface area contributed by atoms with E-state index < -0.39 is 11.5 Å². The second kappa shape index (κ2) is 6.95. The predicted molar refractivity (Wildman–Crippen MR) is 93.1 cm³/mol. The van der Waals surface area contributed by atoms with Gasteiger partial charge in [-0.15, -0.1) is 0 Å². The van der Waals surface area contributed by atoms with Gasteiger partial charge in [-0.3, -0.25) is 4.79 Å². The Balaban J connectivity index is 1.68. The quantitative estimate of drug-likeness (QED) is 0.708. The SMILES string of the molecule is O=C(COc1ccc2ccc(=O)oc2c1)Nc1cccc(Cl)c1Cl. The Morgan fingerprint density at radius 2 is 1.92 bits per heavy atom. The van der Waals surface area contributed by atoms with Crippen molar-refractivity contribution in [3.05, 3.63) is 69.0 Å². The normalized spacial score (nSPS) is 10.6. The zero-order valence-electron chi connectivity index (χ0n) is 12.2. The molecule has 5 nitrogen and oxygen atoms in total. The van der Waals surface area contributed by atoms with Gasteiger partial charge >= 0.3 is 5.63 Å². The van der Waals surface area contributed by atoms with Crippen LogP contribution in [0, 0.1) is 0 Å². The number of anilines is 1. The average molecular weight is 364 g/mol. The van der Waals surface area contributed by atoms with Crippen LogP contribution in [0.2, 0.25) is 10.0 Å². The average Bonchev–Trinajstić information content (AvgIpc) is 2.57. The maximum absolute atomic E-state index is 12.0. The summed E-state index contributed by atoms with van der Waals surface area (Å²) in [5.41, 5.74) is 0.341. The number of benzene rings is 2. The highest BCUT2D eigenvalue weighted by atomic mass is 35.5. The lowest BCUT2D eigenvalue weighted by Crippen LogP contribution is -2.20. The number of amides is 1. The molecule has 0 saturated carbocycles. The van der Waals surface area contributed by atoms with Gasteiger partial charge in [-0.2, -0.15) is 0 Å². The van der Waals surface area contributed by atoms with E-state index in [1.165, 1.54) is 6.07 Å². The van der Waals surface area contributed by atoms with Crippen molar-refractivity contribution in [3.8, 4) is 5.75 Å². The molecule has 2 aromatic carbocycles. The zero-order chi connectivity index (χ0) is 17.1. The third-order valence-electron chi connectivity index (χ3n) is 3.19. The third-order valence-corrected chi connectivity index (χ3v) is 4.01. The Hall–Kier alpha value is -2.50. The van der Waals surface area contributed by atoms with Crippen LogP contribution in [0.3, 0.4) is 0 Å². The molecule has 1 aromatic heterocycles. The number of ether oxygens (including phenoxy) is 1. The lowest BCUT2D eigenvalue weighted by atomic mass is 10.2. The summed E-state index contributed by atoms with van der Waals surface area (Å²) in [5.74, 6) is 0.0120. The van der Waals surface area contributed by atoms with Crippen molar-refractivity contribution in [2.45, 2.75) is 0 Å². The fourth-order valence-corrected chi connectivity index (χ4v) is 2.41. The summed E-state index contributed by atoms with van der Waals surface area (Å²) in [6.45, 7) is -0.231. The molecule has 1 amide bonds. The van der Waals surface area contributed by atoms with E-state index in [1.54, 1.807) is 42.5 Å². The van der Waals surface area contributed by atoms with Gasteiger partial charge in [0.15, 0.2) is 6.61 Å². The minimum Gasteiger partial charge on any atom is -0.484 e. The maximum atomic E-state index is 12.0. The van der Waals surface area contributed by atoms with Crippen LogP contribution in [0.4, 0.5) is 5.69 Å². The second-order valence-electron chi connectivity index (χ2n) is 4.89. The van der Waals surface area contributed by atoms with Gasteiger partial charge in [0.1, 0.15) is 11.3 Å². The molecule has 0 aliphatic carbocycles. The Morgan fingerprint density at radius 3 is 2.75 bits per heavy atom.